The van der Waals surface area contributed by atoms with Crippen molar-refractivity contribution in [3.05, 3.63) is 28.8 Å². The second kappa shape index (κ2) is 7.66. The highest BCUT2D eigenvalue weighted by atomic mass is 32.2. The molecule has 1 amide bonds. The van der Waals surface area contributed by atoms with Crippen molar-refractivity contribution in [2.45, 2.75) is 63.4 Å². The fourth-order valence-electron chi connectivity index (χ4n) is 4.25. The lowest BCUT2D eigenvalue weighted by Crippen LogP contribution is -2.52. The van der Waals surface area contributed by atoms with E-state index in [1.165, 1.54) is 4.31 Å². The van der Waals surface area contributed by atoms with Crippen molar-refractivity contribution >= 4 is 15.9 Å². The highest BCUT2D eigenvalue weighted by molar-refractivity contribution is 7.89. The normalized spacial score (nSPS) is 24.6. The lowest BCUT2D eigenvalue weighted by molar-refractivity contribution is -0.125. The molecule has 144 valence electrons. The van der Waals surface area contributed by atoms with Crippen molar-refractivity contribution in [2.24, 2.45) is 0 Å². The summed E-state index contributed by atoms with van der Waals surface area (Å²) in [6.45, 7) is 7.73. The Morgan fingerprint density at radius 3 is 2.46 bits per heavy atom. The number of rotatable bonds is 4. The van der Waals surface area contributed by atoms with Gasteiger partial charge in [-0.2, -0.15) is 4.31 Å². The first kappa shape index (κ1) is 19.3. The van der Waals surface area contributed by atoms with E-state index in [1.54, 1.807) is 0 Å². The molecule has 26 heavy (non-hydrogen) atoms. The summed E-state index contributed by atoms with van der Waals surface area (Å²) in [5.74, 6) is -0.165. The number of piperidine rings is 1. The van der Waals surface area contributed by atoms with Crippen LogP contribution in [-0.4, -0.2) is 50.3 Å². The Kier molecular flexibility index (Phi) is 5.69. The molecule has 2 unspecified atom stereocenters. The number of nitrogens with zero attached hydrogens (tertiary/aromatic N) is 1. The first-order valence-electron chi connectivity index (χ1n) is 9.41. The molecule has 1 aromatic carbocycles. The molecule has 2 heterocycles. The van der Waals surface area contributed by atoms with Crippen LogP contribution < -0.4 is 10.6 Å². The number of amides is 1. The third-order valence-corrected chi connectivity index (χ3v) is 7.54. The Hall–Kier alpha value is -1.44. The summed E-state index contributed by atoms with van der Waals surface area (Å²) >= 11 is 0. The maximum absolute atomic E-state index is 13.3. The number of hydrogen-bond acceptors (Lipinski definition) is 4. The highest BCUT2D eigenvalue weighted by Gasteiger charge is 2.41. The number of hydrogen-bond donors (Lipinski definition) is 2. The predicted octanol–water partition coefficient (Wildman–Crippen LogP) is 1.63. The van der Waals surface area contributed by atoms with Crippen molar-refractivity contribution in [1.82, 2.24) is 14.9 Å². The summed E-state index contributed by atoms with van der Waals surface area (Å²) < 4.78 is 28.1. The van der Waals surface area contributed by atoms with Crippen molar-refractivity contribution in [1.29, 1.82) is 0 Å². The molecule has 2 saturated heterocycles. The van der Waals surface area contributed by atoms with E-state index in [0.717, 1.165) is 42.6 Å². The molecule has 6 nitrogen and oxygen atoms in total. The average Bonchev–Trinajstić information content (AvgIpc) is 3.05. The zero-order valence-corrected chi connectivity index (χ0v) is 16.7. The number of aryl methyl sites for hydroxylation is 3. The predicted molar refractivity (Wildman–Crippen MR) is 102 cm³/mol. The summed E-state index contributed by atoms with van der Waals surface area (Å²) in [7, 11) is -3.69. The van der Waals surface area contributed by atoms with Gasteiger partial charge in [0.05, 0.1) is 4.90 Å². The minimum Gasteiger partial charge on any atom is -0.351 e. The molecular weight excluding hydrogens is 350 g/mol. The highest BCUT2D eigenvalue weighted by Crippen LogP contribution is 2.30. The summed E-state index contributed by atoms with van der Waals surface area (Å²) in [6, 6.07) is 3.25. The monoisotopic (exact) mass is 379 g/mol. The van der Waals surface area contributed by atoms with Crippen molar-refractivity contribution in [3.8, 4) is 0 Å². The lowest BCUT2D eigenvalue weighted by Gasteiger charge is -2.29. The third kappa shape index (κ3) is 3.80. The smallest absolute Gasteiger partial charge is 0.244 e. The van der Waals surface area contributed by atoms with E-state index in [4.69, 9.17) is 0 Å². The second-order valence-corrected chi connectivity index (χ2v) is 9.38. The van der Waals surface area contributed by atoms with Crippen molar-refractivity contribution in [3.63, 3.8) is 0 Å². The minimum atomic E-state index is -3.69. The molecule has 0 aliphatic carbocycles. The van der Waals surface area contributed by atoms with Crippen LogP contribution in [0.3, 0.4) is 0 Å². The zero-order valence-electron chi connectivity index (χ0n) is 15.8. The van der Waals surface area contributed by atoms with Crippen LogP contribution in [0, 0.1) is 20.8 Å². The van der Waals surface area contributed by atoms with Gasteiger partial charge in [-0.25, -0.2) is 8.42 Å². The van der Waals surface area contributed by atoms with Gasteiger partial charge in [0, 0.05) is 19.1 Å². The molecule has 2 atom stereocenters. The molecule has 2 N–H and O–H groups in total. The van der Waals surface area contributed by atoms with Gasteiger partial charge in [-0.1, -0.05) is 17.7 Å². The fraction of sp³-hybridized carbons (Fsp3) is 0.632. The first-order chi connectivity index (χ1) is 12.3. The van der Waals surface area contributed by atoms with E-state index in [1.807, 2.05) is 32.9 Å². The van der Waals surface area contributed by atoms with Gasteiger partial charge in [-0.05, 0) is 64.1 Å². The van der Waals surface area contributed by atoms with E-state index in [2.05, 4.69) is 10.6 Å². The van der Waals surface area contributed by atoms with Crippen LogP contribution in [0.25, 0.3) is 0 Å². The van der Waals surface area contributed by atoms with Gasteiger partial charge in [0.15, 0.2) is 0 Å². The van der Waals surface area contributed by atoms with Crippen LogP contribution in [0.1, 0.15) is 42.4 Å². The summed E-state index contributed by atoms with van der Waals surface area (Å²) in [5.41, 5.74) is 2.52. The molecule has 3 rings (SSSR count). The number of carbonyl (C=O) groups is 1. The van der Waals surface area contributed by atoms with Crippen LogP contribution in [0.2, 0.25) is 0 Å². The largest absolute Gasteiger partial charge is 0.351 e. The molecular formula is C19H29N3O3S. The van der Waals surface area contributed by atoms with Crippen LogP contribution in [-0.2, 0) is 14.8 Å². The number of nitrogens with one attached hydrogen (secondary N) is 2. The van der Waals surface area contributed by atoms with Crippen molar-refractivity contribution < 1.29 is 13.2 Å². The first-order valence-corrected chi connectivity index (χ1v) is 10.9. The van der Waals surface area contributed by atoms with Crippen LogP contribution in [0.4, 0.5) is 0 Å². The second-order valence-electron chi connectivity index (χ2n) is 7.55. The van der Waals surface area contributed by atoms with E-state index in [0.29, 0.717) is 24.3 Å². The van der Waals surface area contributed by atoms with E-state index >= 15 is 0 Å². The van der Waals surface area contributed by atoms with E-state index in [9.17, 15) is 13.2 Å². The Bertz CT molecular complexity index is 762. The number of sulfonamides is 1. The summed E-state index contributed by atoms with van der Waals surface area (Å²) in [5, 5.41) is 6.32. The fourth-order valence-corrected chi connectivity index (χ4v) is 6.32. The summed E-state index contributed by atoms with van der Waals surface area (Å²) in [4.78, 5) is 13.1. The van der Waals surface area contributed by atoms with Gasteiger partial charge in [0.1, 0.15) is 6.04 Å². The number of benzene rings is 1. The molecule has 2 fully saturated rings. The molecule has 1 aromatic rings. The molecule has 0 saturated carbocycles. The SMILES string of the molecule is Cc1cc(C)c(S(=O)(=O)N2CCCC2C(=O)NC2CCCNC2)c(C)c1. The minimum absolute atomic E-state index is 0.0873. The van der Waals surface area contributed by atoms with E-state index < -0.39 is 16.1 Å². The van der Waals surface area contributed by atoms with Crippen LogP contribution >= 0.6 is 0 Å². The van der Waals surface area contributed by atoms with E-state index in [-0.39, 0.29) is 11.9 Å². The third-order valence-electron chi connectivity index (χ3n) is 5.32. The van der Waals surface area contributed by atoms with Gasteiger partial charge >= 0.3 is 0 Å². The maximum Gasteiger partial charge on any atom is 0.244 e. The Morgan fingerprint density at radius 2 is 1.85 bits per heavy atom. The zero-order chi connectivity index (χ0) is 18.9. The van der Waals surface area contributed by atoms with Gasteiger partial charge in [-0.15, -0.1) is 0 Å². The molecule has 2 aliphatic heterocycles. The van der Waals surface area contributed by atoms with Crippen LogP contribution in [0.5, 0.6) is 0 Å². The maximum atomic E-state index is 13.3. The standard InChI is InChI=1S/C19H29N3O3S/c1-13-10-14(2)18(15(3)11-13)26(24,25)22-9-5-7-17(22)19(23)21-16-6-4-8-20-12-16/h10-11,16-17,20H,4-9,12H2,1-3H3,(H,21,23). The molecule has 0 bridgehead atoms. The van der Waals surface area contributed by atoms with Crippen molar-refractivity contribution in [2.75, 3.05) is 19.6 Å². The molecule has 0 radical (unpaired) electrons. The van der Waals surface area contributed by atoms with Gasteiger partial charge in [-0.3, -0.25) is 4.79 Å². The Labute approximate surface area is 156 Å². The average molecular weight is 380 g/mol. The molecule has 7 heteroatoms. The quantitative estimate of drug-likeness (QED) is 0.834. The van der Waals surface area contributed by atoms with Crippen LogP contribution in [0.15, 0.2) is 17.0 Å². The summed E-state index contributed by atoms with van der Waals surface area (Å²) in [6.07, 6.45) is 3.26. The van der Waals surface area contributed by atoms with Gasteiger partial charge in [0.25, 0.3) is 0 Å². The Morgan fingerprint density at radius 1 is 1.15 bits per heavy atom. The topological polar surface area (TPSA) is 78.5 Å². The molecule has 2 aliphatic rings. The Balaban J connectivity index is 1.83. The van der Waals surface area contributed by atoms with Gasteiger partial charge < -0.3 is 10.6 Å². The number of carbonyl (C=O) groups excluding carboxylic acids is 1. The molecule has 0 aromatic heterocycles. The lowest BCUT2D eigenvalue weighted by atomic mass is 10.1. The van der Waals surface area contributed by atoms with Gasteiger partial charge in [0.2, 0.25) is 15.9 Å². The molecule has 0 spiro atoms.